The van der Waals surface area contributed by atoms with Gasteiger partial charge in [-0.15, -0.1) is 11.3 Å². The number of H-pyrrole nitrogens is 1. The van der Waals surface area contributed by atoms with Crippen molar-refractivity contribution in [3.8, 4) is 27.7 Å². The molecule has 2 heterocycles. The van der Waals surface area contributed by atoms with Crippen molar-refractivity contribution in [2.45, 2.75) is 6.92 Å². The molecule has 2 N–H and O–H groups in total. The van der Waals surface area contributed by atoms with Crippen molar-refractivity contribution >= 4 is 22.9 Å². The average molecular weight is 319 g/mol. The lowest BCUT2D eigenvalue weighted by molar-refractivity contribution is 0.454. The monoisotopic (exact) mass is 318 g/mol. The van der Waals surface area contributed by atoms with Crippen LogP contribution in [0.5, 0.6) is 5.88 Å². The van der Waals surface area contributed by atoms with Gasteiger partial charge in [0.05, 0.1) is 9.21 Å². The smallest absolute Gasteiger partial charge is 0.262 e. The predicted octanol–water partition coefficient (Wildman–Crippen LogP) is 3.83. The van der Waals surface area contributed by atoms with Crippen molar-refractivity contribution in [1.29, 1.82) is 0 Å². The number of benzene rings is 1. The lowest BCUT2D eigenvalue weighted by Gasteiger charge is -2.07. The molecular formula is C15H11ClN2O2S. The van der Waals surface area contributed by atoms with Crippen LogP contribution in [0.2, 0.25) is 4.34 Å². The molecule has 2 aromatic heterocycles. The zero-order valence-corrected chi connectivity index (χ0v) is 12.6. The highest BCUT2D eigenvalue weighted by Gasteiger charge is 2.16. The minimum atomic E-state index is -0.378. The Balaban J connectivity index is 2.18. The zero-order chi connectivity index (χ0) is 15.0. The molecule has 0 aliphatic rings. The minimum Gasteiger partial charge on any atom is -0.493 e. The molecule has 0 atom stereocenters. The highest BCUT2D eigenvalue weighted by Crippen LogP contribution is 2.31. The Bertz CT molecular complexity index is 870. The standard InChI is InChI=1S/C15H11ClN2O2S/c1-8-4-2-3-5-9(8)12-14(19)17-13(18-15(12)20)10-6-7-11(16)21-10/h2-7H,1H3,(H2,17,18,19,20). The Morgan fingerprint density at radius 2 is 2.00 bits per heavy atom. The number of rotatable bonds is 2. The molecule has 106 valence electrons. The van der Waals surface area contributed by atoms with Gasteiger partial charge >= 0.3 is 0 Å². The van der Waals surface area contributed by atoms with Crippen molar-refractivity contribution in [2.24, 2.45) is 0 Å². The summed E-state index contributed by atoms with van der Waals surface area (Å²) in [6, 6.07) is 10.8. The molecule has 0 saturated heterocycles. The molecule has 0 aliphatic carbocycles. The molecule has 1 aromatic carbocycles. The largest absolute Gasteiger partial charge is 0.493 e. The first kappa shape index (κ1) is 13.9. The summed E-state index contributed by atoms with van der Waals surface area (Å²) in [5.74, 6) is 0.0271. The van der Waals surface area contributed by atoms with E-state index in [-0.39, 0.29) is 17.0 Å². The number of aryl methyl sites for hydroxylation is 1. The molecule has 0 spiro atoms. The third-order valence-corrected chi connectivity index (χ3v) is 4.36. The van der Waals surface area contributed by atoms with Gasteiger partial charge in [-0.1, -0.05) is 35.9 Å². The predicted molar refractivity (Wildman–Crippen MR) is 85.0 cm³/mol. The Morgan fingerprint density at radius 3 is 2.62 bits per heavy atom. The van der Waals surface area contributed by atoms with Crippen LogP contribution in [-0.2, 0) is 0 Å². The van der Waals surface area contributed by atoms with E-state index in [9.17, 15) is 9.90 Å². The van der Waals surface area contributed by atoms with Gasteiger partial charge in [-0.3, -0.25) is 4.79 Å². The number of aromatic hydroxyl groups is 1. The quantitative estimate of drug-likeness (QED) is 0.754. The molecule has 6 heteroatoms. The van der Waals surface area contributed by atoms with Crippen LogP contribution in [0.1, 0.15) is 5.56 Å². The number of halogens is 1. The van der Waals surface area contributed by atoms with E-state index in [1.807, 2.05) is 25.1 Å². The molecule has 0 saturated carbocycles. The molecule has 0 unspecified atom stereocenters. The van der Waals surface area contributed by atoms with Crippen LogP contribution in [0.25, 0.3) is 21.8 Å². The highest BCUT2D eigenvalue weighted by atomic mass is 35.5. The second-order valence-electron chi connectivity index (χ2n) is 4.53. The lowest BCUT2D eigenvalue weighted by atomic mass is 10.0. The van der Waals surface area contributed by atoms with Crippen LogP contribution in [0.3, 0.4) is 0 Å². The van der Waals surface area contributed by atoms with Crippen molar-refractivity contribution in [2.75, 3.05) is 0 Å². The number of nitrogens with one attached hydrogen (secondary N) is 1. The van der Waals surface area contributed by atoms with E-state index in [1.54, 1.807) is 18.2 Å². The van der Waals surface area contributed by atoms with E-state index < -0.39 is 0 Å². The van der Waals surface area contributed by atoms with Crippen LogP contribution in [-0.4, -0.2) is 15.1 Å². The number of aromatic amines is 1. The summed E-state index contributed by atoms with van der Waals surface area (Å²) in [4.78, 5) is 19.8. The van der Waals surface area contributed by atoms with Crippen LogP contribution in [0, 0.1) is 6.92 Å². The van der Waals surface area contributed by atoms with Gasteiger partial charge in [0.1, 0.15) is 5.56 Å². The van der Waals surface area contributed by atoms with Gasteiger partial charge in [0.15, 0.2) is 5.82 Å². The number of hydrogen-bond acceptors (Lipinski definition) is 4. The minimum absolute atomic E-state index is 0.180. The number of nitrogens with zero attached hydrogens (tertiary/aromatic N) is 1. The summed E-state index contributed by atoms with van der Waals surface area (Å²) >= 11 is 7.16. The third kappa shape index (κ3) is 2.57. The third-order valence-electron chi connectivity index (χ3n) is 3.12. The van der Waals surface area contributed by atoms with Crippen molar-refractivity contribution in [3.63, 3.8) is 0 Å². The maximum absolute atomic E-state index is 12.3. The first-order valence-electron chi connectivity index (χ1n) is 6.21. The zero-order valence-electron chi connectivity index (χ0n) is 11.1. The summed E-state index contributed by atoms with van der Waals surface area (Å²) in [6.07, 6.45) is 0. The molecule has 0 fully saturated rings. The molecule has 4 nitrogen and oxygen atoms in total. The fourth-order valence-corrected chi connectivity index (χ4v) is 3.10. The van der Waals surface area contributed by atoms with Crippen LogP contribution in [0.4, 0.5) is 0 Å². The normalized spacial score (nSPS) is 10.8. The van der Waals surface area contributed by atoms with Crippen molar-refractivity contribution in [3.05, 3.63) is 56.7 Å². The second kappa shape index (κ2) is 5.35. The fraction of sp³-hybridized carbons (Fsp3) is 0.0667. The van der Waals surface area contributed by atoms with Crippen molar-refractivity contribution in [1.82, 2.24) is 9.97 Å². The van der Waals surface area contributed by atoms with Gasteiger partial charge < -0.3 is 10.1 Å². The molecule has 0 radical (unpaired) electrons. The maximum atomic E-state index is 12.3. The summed E-state index contributed by atoms with van der Waals surface area (Å²) in [6.45, 7) is 1.88. The number of aromatic nitrogens is 2. The highest BCUT2D eigenvalue weighted by molar-refractivity contribution is 7.19. The van der Waals surface area contributed by atoms with Crippen molar-refractivity contribution < 1.29 is 5.11 Å². The van der Waals surface area contributed by atoms with E-state index in [4.69, 9.17) is 11.6 Å². The van der Waals surface area contributed by atoms with Gasteiger partial charge in [-0.05, 0) is 30.2 Å². The Morgan fingerprint density at radius 1 is 1.24 bits per heavy atom. The van der Waals surface area contributed by atoms with E-state index >= 15 is 0 Å². The molecule has 3 rings (SSSR count). The van der Waals surface area contributed by atoms with Gasteiger partial charge in [0.25, 0.3) is 5.56 Å². The maximum Gasteiger partial charge on any atom is 0.262 e. The molecule has 0 amide bonds. The summed E-state index contributed by atoms with van der Waals surface area (Å²) in [7, 11) is 0. The first-order chi connectivity index (χ1) is 10.1. The number of thiophene rings is 1. The van der Waals surface area contributed by atoms with E-state index in [1.165, 1.54) is 11.3 Å². The topological polar surface area (TPSA) is 66.0 Å². The molecule has 0 aliphatic heterocycles. The summed E-state index contributed by atoms with van der Waals surface area (Å²) in [5, 5.41) is 10.2. The Hall–Kier alpha value is -2.11. The van der Waals surface area contributed by atoms with Crippen LogP contribution in [0.15, 0.2) is 41.2 Å². The SMILES string of the molecule is Cc1ccccc1-c1c(O)nc(-c2ccc(Cl)s2)[nH]c1=O. The van der Waals surface area contributed by atoms with Gasteiger partial charge in [0, 0.05) is 0 Å². The van der Waals surface area contributed by atoms with E-state index in [2.05, 4.69) is 9.97 Å². The molecule has 21 heavy (non-hydrogen) atoms. The Kier molecular flexibility index (Phi) is 3.53. The first-order valence-corrected chi connectivity index (χ1v) is 7.40. The van der Waals surface area contributed by atoms with Crippen LogP contribution >= 0.6 is 22.9 Å². The summed E-state index contributed by atoms with van der Waals surface area (Å²) in [5.41, 5.74) is 1.36. The van der Waals surface area contributed by atoms with E-state index in [0.717, 1.165) is 5.56 Å². The van der Waals surface area contributed by atoms with Gasteiger partial charge in [0.2, 0.25) is 5.88 Å². The van der Waals surface area contributed by atoms with E-state index in [0.29, 0.717) is 20.6 Å². The van der Waals surface area contributed by atoms with Gasteiger partial charge in [-0.25, -0.2) is 0 Å². The fourth-order valence-electron chi connectivity index (χ4n) is 2.12. The van der Waals surface area contributed by atoms with Crippen LogP contribution < -0.4 is 5.56 Å². The molecule has 3 aromatic rings. The molecular weight excluding hydrogens is 308 g/mol. The second-order valence-corrected chi connectivity index (χ2v) is 6.25. The summed E-state index contributed by atoms with van der Waals surface area (Å²) < 4.78 is 0.593. The molecule has 0 bridgehead atoms. The lowest BCUT2D eigenvalue weighted by Crippen LogP contribution is -2.12. The number of hydrogen-bond donors (Lipinski definition) is 2. The average Bonchev–Trinajstić information content (AvgIpc) is 2.87. The van der Waals surface area contributed by atoms with Gasteiger partial charge in [-0.2, -0.15) is 4.98 Å². The Labute approximate surface area is 129 Å².